The number of hydrogen-bond acceptors (Lipinski definition) is 1. The molecule has 292 valence electrons. The molecule has 11 aromatic rings. The van der Waals surface area contributed by atoms with Gasteiger partial charge in [-0.2, -0.15) is 0 Å². The van der Waals surface area contributed by atoms with Crippen LogP contribution in [0.3, 0.4) is 0 Å². The van der Waals surface area contributed by atoms with Crippen molar-refractivity contribution in [2.24, 2.45) is 0 Å². The Balaban J connectivity index is 1.00. The summed E-state index contributed by atoms with van der Waals surface area (Å²) in [5.41, 5.74) is 18.8. The fraction of sp³-hybridized carbons (Fsp3) is 0. The van der Waals surface area contributed by atoms with Gasteiger partial charge in [0.05, 0.1) is 16.7 Å². The Kier molecular flexibility index (Phi) is 9.57. The number of aromatic nitrogens is 1. The van der Waals surface area contributed by atoms with E-state index >= 15 is 0 Å². The first kappa shape index (κ1) is 36.8. The molecule has 0 N–H and O–H groups in total. The van der Waals surface area contributed by atoms with E-state index in [0.29, 0.717) is 0 Å². The van der Waals surface area contributed by atoms with Gasteiger partial charge in [-0.3, -0.25) is 0 Å². The molecule has 1 heterocycles. The first-order chi connectivity index (χ1) is 30.8. The lowest BCUT2D eigenvalue weighted by molar-refractivity contribution is 1.18. The van der Waals surface area contributed by atoms with Gasteiger partial charge in [-0.05, 0) is 111 Å². The molecule has 2 heteroatoms. The molecule has 0 amide bonds. The average molecular weight is 791 g/mol. The van der Waals surface area contributed by atoms with Gasteiger partial charge in [-0.25, -0.2) is 0 Å². The molecule has 0 unspecified atom stereocenters. The van der Waals surface area contributed by atoms with Crippen LogP contribution in [0.15, 0.2) is 255 Å². The maximum absolute atomic E-state index is 2.45. The van der Waals surface area contributed by atoms with Crippen molar-refractivity contribution in [2.45, 2.75) is 0 Å². The first-order valence-electron chi connectivity index (χ1n) is 21.3. The predicted octanol–water partition coefficient (Wildman–Crippen LogP) is 16.6. The Morgan fingerprint density at radius 2 is 0.661 bits per heavy atom. The van der Waals surface area contributed by atoms with Gasteiger partial charge in [0, 0.05) is 33.4 Å². The normalized spacial score (nSPS) is 11.2. The Morgan fingerprint density at radius 1 is 0.258 bits per heavy atom. The lowest BCUT2D eigenvalue weighted by Gasteiger charge is -2.26. The van der Waals surface area contributed by atoms with Gasteiger partial charge < -0.3 is 9.47 Å². The third-order valence-corrected chi connectivity index (χ3v) is 12.0. The highest BCUT2D eigenvalue weighted by Gasteiger charge is 2.19. The van der Waals surface area contributed by atoms with E-state index in [-0.39, 0.29) is 0 Å². The molecule has 0 atom stereocenters. The molecule has 0 fully saturated rings. The molecule has 2 nitrogen and oxygen atoms in total. The summed E-state index contributed by atoms with van der Waals surface area (Å²) < 4.78 is 2.45. The van der Waals surface area contributed by atoms with Crippen LogP contribution in [0.25, 0.3) is 83.1 Å². The van der Waals surface area contributed by atoms with Gasteiger partial charge in [0.2, 0.25) is 0 Å². The molecule has 0 aliphatic carbocycles. The summed E-state index contributed by atoms with van der Waals surface area (Å²) >= 11 is 0. The van der Waals surface area contributed by atoms with E-state index in [1.165, 1.54) is 71.9 Å². The van der Waals surface area contributed by atoms with Crippen LogP contribution in [0, 0.1) is 0 Å². The van der Waals surface area contributed by atoms with Crippen LogP contribution >= 0.6 is 0 Å². The monoisotopic (exact) mass is 790 g/mol. The lowest BCUT2D eigenvalue weighted by atomic mass is 9.96. The van der Waals surface area contributed by atoms with Crippen molar-refractivity contribution in [3.63, 3.8) is 0 Å². The second-order valence-corrected chi connectivity index (χ2v) is 15.7. The molecule has 62 heavy (non-hydrogen) atoms. The van der Waals surface area contributed by atoms with Crippen molar-refractivity contribution < 1.29 is 0 Å². The zero-order chi connectivity index (χ0) is 41.2. The Hall–Kier alpha value is -8.20. The van der Waals surface area contributed by atoms with Crippen LogP contribution in [0.5, 0.6) is 0 Å². The minimum atomic E-state index is 1.09. The predicted molar refractivity (Wildman–Crippen MR) is 263 cm³/mol. The van der Waals surface area contributed by atoms with Crippen molar-refractivity contribution in [1.82, 2.24) is 4.57 Å². The van der Waals surface area contributed by atoms with E-state index in [4.69, 9.17) is 0 Å². The summed E-state index contributed by atoms with van der Waals surface area (Å²) in [6.45, 7) is 0. The maximum Gasteiger partial charge on any atom is 0.0547 e. The molecule has 0 saturated heterocycles. The second kappa shape index (κ2) is 16.1. The van der Waals surface area contributed by atoms with Crippen molar-refractivity contribution >= 4 is 38.9 Å². The van der Waals surface area contributed by atoms with Crippen LogP contribution in [-0.2, 0) is 0 Å². The van der Waals surface area contributed by atoms with E-state index in [1.54, 1.807) is 0 Å². The largest absolute Gasteiger partial charge is 0.311 e. The van der Waals surface area contributed by atoms with Crippen molar-refractivity contribution in [3.8, 4) is 61.3 Å². The highest BCUT2D eigenvalue weighted by Crippen LogP contribution is 2.42. The third kappa shape index (κ3) is 6.84. The van der Waals surface area contributed by atoms with Crippen LogP contribution < -0.4 is 4.90 Å². The molecule has 0 aliphatic heterocycles. The number of anilines is 3. The van der Waals surface area contributed by atoms with Crippen LogP contribution in [0.4, 0.5) is 17.1 Å². The topological polar surface area (TPSA) is 8.17 Å². The smallest absolute Gasteiger partial charge is 0.0547 e. The number of hydrogen-bond donors (Lipinski definition) is 0. The maximum atomic E-state index is 2.45. The standard InChI is InChI=1S/C60H42N2/c1-4-16-43(17-5-1)46-30-36-51(37-31-46)61(52-38-32-47(33-39-52)44-18-6-2-7-19-44)53-40-34-48(35-41-53)54-24-10-12-27-57(54)62-58-28-13-11-25-56(58)60-55(26-15-29-59(60)62)50-23-14-22-49(42-50)45-20-8-3-9-21-45/h1-42H. The Labute approximate surface area is 362 Å². The molecular formula is C60H42N2. The van der Waals surface area contributed by atoms with Gasteiger partial charge in [0.15, 0.2) is 0 Å². The number of rotatable bonds is 9. The first-order valence-corrected chi connectivity index (χ1v) is 21.3. The zero-order valence-corrected chi connectivity index (χ0v) is 34.1. The molecule has 0 saturated carbocycles. The van der Waals surface area contributed by atoms with Gasteiger partial charge in [-0.1, -0.05) is 194 Å². The molecule has 11 rings (SSSR count). The van der Waals surface area contributed by atoms with Gasteiger partial charge >= 0.3 is 0 Å². The fourth-order valence-corrected chi connectivity index (χ4v) is 9.03. The van der Waals surface area contributed by atoms with Crippen molar-refractivity contribution in [2.75, 3.05) is 4.90 Å². The third-order valence-electron chi connectivity index (χ3n) is 12.0. The van der Waals surface area contributed by atoms with Crippen LogP contribution in [-0.4, -0.2) is 4.57 Å². The molecule has 0 spiro atoms. The lowest BCUT2D eigenvalue weighted by Crippen LogP contribution is -2.09. The minimum absolute atomic E-state index is 1.09. The second-order valence-electron chi connectivity index (χ2n) is 15.7. The molecule has 0 bridgehead atoms. The number of para-hydroxylation sites is 2. The number of fused-ring (bicyclic) bond motifs is 3. The van der Waals surface area contributed by atoms with Gasteiger partial charge in [-0.15, -0.1) is 0 Å². The van der Waals surface area contributed by atoms with Crippen molar-refractivity contribution in [3.05, 3.63) is 255 Å². The molecule has 0 aliphatic rings. The SMILES string of the molecule is c1ccc(-c2ccc(N(c3ccc(-c4ccccc4)cc3)c3ccc(-c4ccccc4-n4c5ccccc5c5c(-c6cccc(-c7ccccc7)c6)cccc54)cc3)cc2)cc1. The van der Waals surface area contributed by atoms with E-state index in [2.05, 4.69) is 264 Å². The molecular weight excluding hydrogens is 749 g/mol. The summed E-state index contributed by atoms with van der Waals surface area (Å²) in [5.74, 6) is 0. The summed E-state index contributed by atoms with van der Waals surface area (Å²) in [5, 5.41) is 2.49. The van der Waals surface area contributed by atoms with Gasteiger partial charge in [0.25, 0.3) is 0 Å². The highest BCUT2D eigenvalue weighted by atomic mass is 15.1. The number of benzene rings is 10. The highest BCUT2D eigenvalue weighted by molar-refractivity contribution is 6.16. The Bertz CT molecular complexity index is 3210. The quantitative estimate of drug-likeness (QED) is 0.141. The fourth-order valence-electron chi connectivity index (χ4n) is 9.03. The molecule has 1 aromatic heterocycles. The molecule has 0 radical (unpaired) electrons. The van der Waals surface area contributed by atoms with Crippen LogP contribution in [0.1, 0.15) is 0 Å². The van der Waals surface area contributed by atoms with E-state index in [1.807, 2.05) is 0 Å². The van der Waals surface area contributed by atoms with Crippen LogP contribution in [0.2, 0.25) is 0 Å². The molecule has 10 aromatic carbocycles. The summed E-state index contributed by atoms with van der Waals surface area (Å²) in [4.78, 5) is 2.35. The van der Waals surface area contributed by atoms with E-state index in [9.17, 15) is 0 Å². The van der Waals surface area contributed by atoms with Crippen molar-refractivity contribution in [1.29, 1.82) is 0 Å². The zero-order valence-electron chi connectivity index (χ0n) is 34.1. The van der Waals surface area contributed by atoms with E-state index in [0.717, 1.165) is 28.3 Å². The minimum Gasteiger partial charge on any atom is -0.311 e. The summed E-state index contributed by atoms with van der Waals surface area (Å²) in [6.07, 6.45) is 0. The number of nitrogens with zero attached hydrogens (tertiary/aromatic N) is 2. The van der Waals surface area contributed by atoms with Gasteiger partial charge in [0.1, 0.15) is 0 Å². The Morgan fingerprint density at radius 3 is 1.26 bits per heavy atom. The van der Waals surface area contributed by atoms with E-state index < -0.39 is 0 Å². The summed E-state index contributed by atoms with van der Waals surface area (Å²) in [7, 11) is 0. The summed E-state index contributed by atoms with van der Waals surface area (Å²) in [6, 6.07) is 91.9. The average Bonchev–Trinajstić information content (AvgIpc) is 3.70.